The predicted octanol–water partition coefficient (Wildman–Crippen LogP) is 1.29. The van der Waals surface area contributed by atoms with Crippen LogP contribution in [0.2, 0.25) is 0 Å². The minimum atomic E-state index is -0.909. The van der Waals surface area contributed by atoms with Gasteiger partial charge in [-0.25, -0.2) is 9.48 Å². The van der Waals surface area contributed by atoms with Crippen LogP contribution in [0.4, 0.5) is 0 Å². The summed E-state index contributed by atoms with van der Waals surface area (Å²) in [7, 11) is 0. The Balaban J connectivity index is 1.81. The lowest BCUT2D eigenvalue weighted by atomic mass is 9.95. The van der Waals surface area contributed by atoms with E-state index in [1.807, 2.05) is 20.8 Å². The lowest BCUT2D eigenvalue weighted by Crippen LogP contribution is -2.36. The molecule has 0 saturated carbocycles. The van der Waals surface area contributed by atoms with Gasteiger partial charge in [0.15, 0.2) is 11.9 Å². The summed E-state index contributed by atoms with van der Waals surface area (Å²) in [5.74, 6) is -1.67. The van der Waals surface area contributed by atoms with Crippen LogP contribution in [0, 0.1) is 0 Å². The van der Waals surface area contributed by atoms with Gasteiger partial charge in [0.1, 0.15) is 0 Å². The molecular weight excluding hydrogens is 326 g/mol. The average molecular weight is 343 g/mol. The molecule has 2 heterocycles. The zero-order valence-electron chi connectivity index (χ0n) is 14.3. The predicted molar refractivity (Wildman–Crippen MR) is 84.3 cm³/mol. The maximum absolute atomic E-state index is 12.4. The Morgan fingerprint density at radius 1 is 1.12 bits per heavy atom. The van der Waals surface area contributed by atoms with Gasteiger partial charge >= 0.3 is 5.97 Å². The van der Waals surface area contributed by atoms with Crippen molar-refractivity contribution < 1.29 is 19.2 Å². The van der Waals surface area contributed by atoms with E-state index in [9.17, 15) is 14.4 Å². The summed E-state index contributed by atoms with van der Waals surface area (Å²) in [5, 5.41) is 11.8. The Labute approximate surface area is 143 Å². The summed E-state index contributed by atoms with van der Waals surface area (Å²) in [4.78, 5) is 42.0. The zero-order chi connectivity index (χ0) is 18.4. The van der Waals surface area contributed by atoms with E-state index >= 15 is 0 Å². The van der Waals surface area contributed by atoms with Gasteiger partial charge in [-0.05, 0) is 29.5 Å². The van der Waals surface area contributed by atoms with Crippen molar-refractivity contribution in [1.29, 1.82) is 0 Å². The molecular formula is C16H17N5O4. The summed E-state index contributed by atoms with van der Waals surface area (Å²) >= 11 is 0. The van der Waals surface area contributed by atoms with Gasteiger partial charge in [-0.15, -0.1) is 5.10 Å². The van der Waals surface area contributed by atoms with Crippen LogP contribution in [0.1, 0.15) is 60.3 Å². The van der Waals surface area contributed by atoms with Gasteiger partial charge in [0.25, 0.3) is 11.8 Å². The van der Waals surface area contributed by atoms with Gasteiger partial charge in [-0.2, -0.15) is 0 Å². The van der Waals surface area contributed by atoms with Gasteiger partial charge in [-0.1, -0.05) is 38.0 Å². The Hall–Kier alpha value is -3.10. The van der Waals surface area contributed by atoms with Crippen LogP contribution in [0.15, 0.2) is 24.3 Å². The van der Waals surface area contributed by atoms with Gasteiger partial charge in [0.2, 0.25) is 0 Å². The molecule has 1 aromatic heterocycles. The maximum atomic E-state index is 12.4. The van der Waals surface area contributed by atoms with Crippen LogP contribution in [-0.4, -0.2) is 43.1 Å². The molecule has 9 heteroatoms. The van der Waals surface area contributed by atoms with E-state index in [1.54, 1.807) is 12.1 Å². The Kier molecular flexibility index (Phi) is 3.86. The van der Waals surface area contributed by atoms with Crippen molar-refractivity contribution in [2.24, 2.45) is 0 Å². The number of fused-ring (bicyclic) bond motifs is 1. The molecule has 130 valence electrons. The molecule has 9 nitrogen and oxygen atoms in total. The second-order valence-corrected chi connectivity index (χ2v) is 6.73. The first-order valence-electron chi connectivity index (χ1n) is 7.70. The summed E-state index contributed by atoms with van der Waals surface area (Å²) < 4.78 is 1.32. The fraction of sp³-hybridized carbons (Fsp3) is 0.375. The number of aromatic nitrogens is 4. The van der Waals surface area contributed by atoms with Crippen molar-refractivity contribution in [2.75, 3.05) is 0 Å². The molecule has 1 unspecified atom stereocenters. The van der Waals surface area contributed by atoms with E-state index in [0.29, 0.717) is 10.9 Å². The number of hydrogen-bond acceptors (Lipinski definition) is 7. The lowest BCUT2D eigenvalue weighted by molar-refractivity contribution is -0.172. The summed E-state index contributed by atoms with van der Waals surface area (Å²) in [6.07, 6.45) is 0. The van der Waals surface area contributed by atoms with E-state index in [0.717, 1.165) is 0 Å². The highest BCUT2D eigenvalue weighted by Gasteiger charge is 2.40. The zero-order valence-corrected chi connectivity index (χ0v) is 14.3. The van der Waals surface area contributed by atoms with Crippen LogP contribution in [0.3, 0.4) is 0 Å². The Morgan fingerprint density at radius 2 is 1.68 bits per heavy atom. The lowest BCUT2D eigenvalue weighted by Gasteiger charge is -2.21. The average Bonchev–Trinajstić information content (AvgIpc) is 3.14. The highest BCUT2D eigenvalue weighted by molar-refractivity contribution is 6.20. The molecule has 1 aliphatic rings. The molecule has 0 saturated heterocycles. The molecule has 25 heavy (non-hydrogen) atoms. The first-order valence-corrected chi connectivity index (χ1v) is 7.70. The highest BCUT2D eigenvalue weighted by Crippen LogP contribution is 2.25. The number of rotatable bonds is 3. The van der Waals surface area contributed by atoms with Crippen molar-refractivity contribution in [3.05, 3.63) is 41.2 Å². The number of carbonyl (C=O) groups excluding carboxylic acids is 3. The fourth-order valence-corrected chi connectivity index (χ4v) is 2.46. The number of amides is 2. The van der Waals surface area contributed by atoms with Crippen LogP contribution < -0.4 is 0 Å². The Bertz CT molecular complexity index is 832. The number of carbonyl (C=O) groups is 3. The Morgan fingerprint density at radius 3 is 2.20 bits per heavy atom. The van der Waals surface area contributed by atoms with E-state index < -0.39 is 29.2 Å². The molecule has 3 rings (SSSR count). The molecule has 0 radical (unpaired) electrons. The van der Waals surface area contributed by atoms with Crippen molar-refractivity contribution >= 4 is 17.8 Å². The van der Waals surface area contributed by atoms with Crippen molar-refractivity contribution in [3.8, 4) is 0 Å². The number of tetrazole rings is 1. The molecule has 0 fully saturated rings. The van der Waals surface area contributed by atoms with E-state index in [-0.39, 0.29) is 11.1 Å². The molecule has 0 N–H and O–H groups in total. The van der Waals surface area contributed by atoms with E-state index in [1.165, 1.54) is 23.7 Å². The maximum Gasteiger partial charge on any atom is 0.357 e. The molecule has 1 aliphatic heterocycles. The van der Waals surface area contributed by atoms with Crippen molar-refractivity contribution in [2.45, 2.75) is 39.2 Å². The number of hydroxylamine groups is 2. The largest absolute Gasteiger partial charge is 0.357 e. The third kappa shape index (κ3) is 2.77. The fourth-order valence-electron chi connectivity index (χ4n) is 2.46. The van der Waals surface area contributed by atoms with Crippen molar-refractivity contribution in [1.82, 2.24) is 25.3 Å². The third-order valence-electron chi connectivity index (χ3n) is 3.81. The van der Waals surface area contributed by atoms with Crippen LogP contribution in [0.5, 0.6) is 0 Å². The van der Waals surface area contributed by atoms with Gasteiger partial charge in [0, 0.05) is 5.41 Å². The van der Waals surface area contributed by atoms with E-state index in [4.69, 9.17) is 4.84 Å². The summed E-state index contributed by atoms with van der Waals surface area (Å²) in [6, 6.07) is 5.37. The monoisotopic (exact) mass is 343 g/mol. The first kappa shape index (κ1) is 16.7. The normalized spacial score (nSPS) is 15.3. The first-order chi connectivity index (χ1) is 11.7. The van der Waals surface area contributed by atoms with Crippen molar-refractivity contribution in [3.63, 3.8) is 0 Å². The SMILES string of the molecule is CC(C(=O)ON1C(=O)c2ccccc2C1=O)n1nnnc1C(C)(C)C. The van der Waals surface area contributed by atoms with Crippen LogP contribution >= 0.6 is 0 Å². The molecule has 0 aliphatic carbocycles. The third-order valence-corrected chi connectivity index (χ3v) is 3.81. The topological polar surface area (TPSA) is 107 Å². The minimum Gasteiger partial charge on any atom is -0.327 e. The number of nitrogens with zero attached hydrogens (tertiary/aromatic N) is 5. The second-order valence-electron chi connectivity index (χ2n) is 6.73. The van der Waals surface area contributed by atoms with Gasteiger partial charge in [0.05, 0.1) is 11.1 Å². The number of imide groups is 1. The molecule has 1 aromatic carbocycles. The van der Waals surface area contributed by atoms with Crippen LogP contribution in [0.25, 0.3) is 0 Å². The second kappa shape index (κ2) is 5.76. The molecule has 2 aromatic rings. The molecule has 0 spiro atoms. The smallest absolute Gasteiger partial charge is 0.327 e. The standard InChI is InChI=1S/C16H17N5O4/c1-9(20-15(16(2,3)4)17-18-19-20)14(24)25-21-12(22)10-7-5-6-8-11(10)13(21)23/h5-9H,1-4H3. The molecule has 0 bridgehead atoms. The molecule has 2 amide bonds. The van der Waals surface area contributed by atoms with Gasteiger partial charge in [-0.3, -0.25) is 9.59 Å². The highest BCUT2D eigenvalue weighted by atomic mass is 16.7. The van der Waals surface area contributed by atoms with E-state index in [2.05, 4.69) is 15.5 Å². The number of benzene rings is 1. The molecule has 1 atom stereocenters. The number of hydrogen-bond donors (Lipinski definition) is 0. The minimum absolute atomic E-state index is 0.200. The summed E-state index contributed by atoms with van der Waals surface area (Å²) in [6.45, 7) is 7.23. The summed E-state index contributed by atoms with van der Waals surface area (Å²) in [5.41, 5.74) is 0.00427. The quantitative estimate of drug-likeness (QED) is 0.773. The van der Waals surface area contributed by atoms with Crippen LogP contribution in [-0.2, 0) is 15.0 Å². The van der Waals surface area contributed by atoms with Gasteiger partial charge < -0.3 is 4.84 Å².